The van der Waals surface area contributed by atoms with Crippen LogP contribution in [0.5, 0.6) is 0 Å². The first-order valence-corrected chi connectivity index (χ1v) is 20.2. The molecule has 2 nitrogen and oxygen atoms in total. The van der Waals surface area contributed by atoms with Gasteiger partial charge in [-0.1, -0.05) is 191 Å². The Morgan fingerprint density at radius 3 is 2.17 bits per heavy atom. The van der Waals surface area contributed by atoms with Crippen LogP contribution in [0.1, 0.15) is 49.4 Å². The minimum atomic E-state index is -0.0486. The molecule has 0 radical (unpaired) electrons. The Morgan fingerprint density at radius 2 is 1.36 bits per heavy atom. The molecule has 58 heavy (non-hydrogen) atoms. The van der Waals surface area contributed by atoms with Gasteiger partial charge in [0.15, 0.2) is 0 Å². The van der Waals surface area contributed by atoms with E-state index in [-0.39, 0.29) is 10.8 Å². The molecule has 2 N–H and O–H groups in total. The third kappa shape index (κ3) is 6.61. The van der Waals surface area contributed by atoms with Crippen LogP contribution in [-0.4, -0.2) is 4.57 Å². The van der Waals surface area contributed by atoms with Crippen molar-refractivity contribution in [2.45, 2.75) is 32.6 Å². The molecule has 0 saturated heterocycles. The summed E-state index contributed by atoms with van der Waals surface area (Å²) in [7, 11) is 0. The van der Waals surface area contributed by atoms with Gasteiger partial charge >= 0.3 is 0 Å². The summed E-state index contributed by atoms with van der Waals surface area (Å²) in [5.74, 6) is 0. The van der Waals surface area contributed by atoms with Crippen LogP contribution in [0.15, 0.2) is 207 Å². The summed E-state index contributed by atoms with van der Waals surface area (Å²) in [6.07, 6.45) is 16.5. The minimum Gasteiger partial charge on any atom is -0.399 e. The van der Waals surface area contributed by atoms with Crippen LogP contribution in [0.2, 0.25) is 0 Å². The highest BCUT2D eigenvalue weighted by molar-refractivity contribution is 6.11. The van der Waals surface area contributed by atoms with Gasteiger partial charge in [0, 0.05) is 32.7 Å². The molecular formula is C56H48N2. The number of fused-ring (bicyclic) bond motifs is 7. The fourth-order valence-electron chi connectivity index (χ4n) is 8.91. The minimum absolute atomic E-state index is 0.0486. The first-order valence-electron chi connectivity index (χ1n) is 20.2. The number of nitrogen functional groups attached to an aromatic ring is 1. The predicted octanol–water partition coefficient (Wildman–Crippen LogP) is 14.7. The molecule has 2 aliphatic carbocycles. The lowest BCUT2D eigenvalue weighted by Gasteiger charge is -2.25. The Labute approximate surface area is 342 Å². The van der Waals surface area contributed by atoms with Crippen molar-refractivity contribution in [3.05, 3.63) is 229 Å². The number of para-hydroxylation sites is 1. The molecule has 8 aromatic rings. The van der Waals surface area contributed by atoms with Crippen molar-refractivity contribution in [1.29, 1.82) is 0 Å². The van der Waals surface area contributed by atoms with E-state index in [0.29, 0.717) is 0 Å². The van der Waals surface area contributed by atoms with Crippen molar-refractivity contribution in [3.8, 4) is 16.8 Å². The van der Waals surface area contributed by atoms with E-state index in [4.69, 9.17) is 5.73 Å². The van der Waals surface area contributed by atoms with Crippen molar-refractivity contribution in [2.75, 3.05) is 5.73 Å². The number of benzene rings is 7. The molecule has 282 valence electrons. The molecule has 7 aromatic carbocycles. The highest BCUT2D eigenvalue weighted by atomic mass is 15.0. The highest BCUT2D eigenvalue weighted by Gasteiger charge is 2.35. The Bertz CT molecular complexity index is 2980. The zero-order chi connectivity index (χ0) is 39.9. The fraction of sp³-hybridized carbons (Fsp3) is 0.107. The maximum Gasteiger partial charge on any atom is 0.0541 e. The molecule has 0 saturated carbocycles. The Kier molecular flexibility index (Phi) is 9.42. The van der Waals surface area contributed by atoms with Crippen LogP contribution >= 0.6 is 0 Å². The average molecular weight is 749 g/mol. The lowest BCUT2D eigenvalue weighted by atomic mass is 9.80. The van der Waals surface area contributed by atoms with E-state index >= 15 is 0 Å². The maximum absolute atomic E-state index is 5.89. The summed E-state index contributed by atoms with van der Waals surface area (Å²) in [5.41, 5.74) is 20.7. The zero-order valence-electron chi connectivity index (χ0n) is 33.5. The van der Waals surface area contributed by atoms with Crippen LogP contribution in [0.4, 0.5) is 5.69 Å². The molecule has 1 unspecified atom stereocenters. The van der Waals surface area contributed by atoms with Gasteiger partial charge in [0.25, 0.3) is 0 Å². The smallest absolute Gasteiger partial charge is 0.0541 e. The van der Waals surface area contributed by atoms with Gasteiger partial charge in [-0.05, 0) is 92.7 Å². The van der Waals surface area contributed by atoms with Gasteiger partial charge in [0.1, 0.15) is 0 Å². The Hall–Kier alpha value is -6.90. The monoisotopic (exact) mass is 748 g/mol. The molecule has 2 aliphatic rings. The summed E-state index contributed by atoms with van der Waals surface area (Å²) >= 11 is 0. The topological polar surface area (TPSA) is 30.9 Å². The predicted molar refractivity (Wildman–Crippen MR) is 250 cm³/mol. The van der Waals surface area contributed by atoms with Crippen molar-refractivity contribution < 1.29 is 0 Å². The molecule has 0 spiro atoms. The van der Waals surface area contributed by atoms with E-state index in [9.17, 15) is 0 Å². The van der Waals surface area contributed by atoms with Crippen LogP contribution in [-0.2, 0) is 5.41 Å². The van der Waals surface area contributed by atoms with Gasteiger partial charge < -0.3 is 10.3 Å². The number of aromatic nitrogens is 1. The molecule has 10 rings (SSSR count). The van der Waals surface area contributed by atoms with Crippen molar-refractivity contribution >= 4 is 49.4 Å². The number of allylic oxidation sites excluding steroid dienone is 9. The number of hydrogen-bond acceptors (Lipinski definition) is 1. The van der Waals surface area contributed by atoms with E-state index in [0.717, 1.165) is 12.1 Å². The van der Waals surface area contributed by atoms with Crippen LogP contribution in [0, 0.1) is 5.41 Å². The van der Waals surface area contributed by atoms with Crippen LogP contribution < -0.4 is 5.73 Å². The summed E-state index contributed by atoms with van der Waals surface area (Å²) in [6, 6.07) is 56.3. The summed E-state index contributed by atoms with van der Waals surface area (Å²) in [6.45, 7) is 10.7. The van der Waals surface area contributed by atoms with Gasteiger partial charge in [0.2, 0.25) is 0 Å². The summed E-state index contributed by atoms with van der Waals surface area (Å²) < 4.78 is 2.42. The standard InChI is InChI=1S/C41H33N.C15H15N/c1-3-12-30(31-13-5-4-6-14-31)23-26-41(2)27-24-32(25-28-41)34-21-22-40-37(29-34)36-18-9-10-19-39(36)42(40)38-20-11-16-33-15-7-8-17-35(33)38;1-15(2)13-6-4-3-5-11(13)12-8-7-10(16)9-14(12)15/h3-27,29H,1,28H2,2H3;3-9H,16H2,1-2H3/b26-23-,30-12+;. The summed E-state index contributed by atoms with van der Waals surface area (Å²) in [4.78, 5) is 0. The van der Waals surface area contributed by atoms with Gasteiger partial charge in [-0.2, -0.15) is 0 Å². The quantitative estimate of drug-likeness (QED) is 0.133. The van der Waals surface area contributed by atoms with Crippen LogP contribution in [0.3, 0.4) is 0 Å². The molecule has 2 heteroatoms. The van der Waals surface area contributed by atoms with Crippen molar-refractivity contribution in [1.82, 2.24) is 4.57 Å². The van der Waals surface area contributed by atoms with Gasteiger partial charge in [0.05, 0.1) is 16.7 Å². The number of nitrogens with zero attached hydrogens (tertiary/aromatic N) is 1. The number of anilines is 1. The normalized spacial score (nSPS) is 16.9. The second-order valence-corrected chi connectivity index (χ2v) is 16.3. The maximum atomic E-state index is 5.89. The third-order valence-corrected chi connectivity index (χ3v) is 12.1. The molecule has 0 fully saturated rings. The molecule has 1 atom stereocenters. The lowest BCUT2D eigenvalue weighted by molar-refractivity contribution is 0.558. The van der Waals surface area contributed by atoms with Crippen molar-refractivity contribution in [2.24, 2.45) is 5.41 Å². The van der Waals surface area contributed by atoms with E-state index in [1.807, 2.05) is 12.1 Å². The second kappa shape index (κ2) is 14.9. The van der Waals surface area contributed by atoms with E-state index in [2.05, 4.69) is 220 Å². The molecule has 0 aliphatic heterocycles. The van der Waals surface area contributed by atoms with E-state index in [1.165, 1.54) is 82.8 Å². The zero-order valence-corrected chi connectivity index (χ0v) is 33.5. The number of rotatable bonds is 6. The number of nitrogens with two attached hydrogens (primary N) is 1. The molecule has 0 amide bonds. The van der Waals surface area contributed by atoms with Gasteiger partial charge in [-0.25, -0.2) is 0 Å². The average Bonchev–Trinajstić information content (AvgIpc) is 3.70. The molecule has 1 heterocycles. The van der Waals surface area contributed by atoms with Crippen molar-refractivity contribution in [3.63, 3.8) is 0 Å². The Morgan fingerprint density at radius 1 is 0.655 bits per heavy atom. The Balaban J connectivity index is 0.000000226. The lowest BCUT2D eigenvalue weighted by Crippen LogP contribution is -2.15. The SMILES string of the molecule is C=C/C=C(\C=C/C1(C)C=CC(c2ccc3c(c2)c2ccccc2n3-c2cccc3ccccc23)=CC1)c1ccccc1.CC1(C)c2ccccc2-c2ccc(N)cc21. The molecular weight excluding hydrogens is 701 g/mol. The van der Waals surface area contributed by atoms with E-state index < -0.39 is 0 Å². The largest absolute Gasteiger partial charge is 0.399 e. The van der Waals surface area contributed by atoms with Crippen LogP contribution in [0.25, 0.3) is 60.5 Å². The molecule has 0 bridgehead atoms. The molecule has 1 aromatic heterocycles. The first kappa shape index (κ1) is 36.7. The number of hydrogen-bond donors (Lipinski definition) is 1. The first-order chi connectivity index (χ1) is 28.2. The fourth-order valence-corrected chi connectivity index (χ4v) is 8.91. The third-order valence-electron chi connectivity index (χ3n) is 12.1. The highest BCUT2D eigenvalue weighted by Crippen LogP contribution is 2.49. The van der Waals surface area contributed by atoms with E-state index in [1.54, 1.807) is 0 Å². The van der Waals surface area contributed by atoms with Gasteiger partial charge in [-0.15, -0.1) is 0 Å². The van der Waals surface area contributed by atoms with Gasteiger partial charge in [-0.3, -0.25) is 0 Å². The second-order valence-electron chi connectivity index (χ2n) is 16.3. The summed E-state index contributed by atoms with van der Waals surface area (Å²) in [5, 5.41) is 5.07.